The zero-order valence-electron chi connectivity index (χ0n) is 17.0. The molecule has 148 valence electrons. The maximum atomic E-state index is 6.01. The summed E-state index contributed by atoms with van der Waals surface area (Å²) in [5, 5.41) is 3.25. The van der Waals surface area contributed by atoms with Gasteiger partial charge in [-0.2, -0.15) is 0 Å². The van der Waals surface area contributed by atoms with Gasteiger partial charge in [0.15, 0.2) is 0 Å². The van der Waals surface area contributed by atoms with E-state index in [0.29, 0.717) is 0 Å². The quantitative estimate of drug-likeness (QED) is 0.320. The van der Waals surface area contributed by atoms with Crippen LogP contribution in [0.15, 0.2) is 12.3 Å². The molecule has 1 heterocycles. The van der Waals surface area contributed by atoms with Crippen molar-refractivity contribution < 1.29 is 0 Å². The van der Waals surface area contributed by atoms with Crippen molar-refractivity contribution >= 4 is 0 Å². The minimum atomic E-state index is 0.0151. The van der Waals surface area contributed by atoms with Gasteiger partial charge in [0, 0.05) is 13.1 Å². The number of nitrogens with one attached hydrogen (secondary N) is 1. The SMILES string of the molecule is CCCCCCCCCCCCCCCCCCN1C=CCNC1N. The first-order valence-electron chi connectivity index (χ1n) is 11.3. The second kappa shape index (κ2) is 16.9. The van der Waals surface area contributed by atoms with Gasteiger partial charge in [0.25, 0.3) is 0 Å². The second-order valence-electron chi connectivity index (χ2n) is 7.78. The number of unbranched alkanes of at least 4 members (excludes halogenated alkanes) is 15. The highest BCUT2D eigenvalue weighted by Gasteiger charge is 2.11. The lowest BCUT2D eigenvalue weighted by atomic mass is 10.0. The number of hydrogen-bond donors (Lipinski definition) is 2. The third-order valence-corrected chi connectivity index (χ3v) is 5.37. The van der Waals surface area contributed by atoms with Crippen LogP contribution in [-0.4, -0.2) is 24.3 Å². The highest BCUT2D eigenvalue weighted by Crippen LogP contribution is 2.14. The van der Waals surface area contributed by atoms with Gasteiger partial charge in [0.05, 0.1) is 0 Å². The Morgan fingerprint density at radius 2 is 1.20 bits per heavy atom. The third-order valence-electron chi connectivity index (χ3n) is 5.37. The second-order valence-corrected chi connectivity index (χ2v) is 7.78. The molecule has 0 aromatic heterocycles. The van der Waals surface area contributed by atoms with E-state index in [1.807, 2.05) is 0 Å². The Labute approximate surface area is 157 Å². The fraction of sp³-hybridized carbons (Fsp3) is 0.909. The van der Waals surface area contributed by atoms with Gasteiger partial charge < -0.3 is 4.90 Å². The highest BCUT2D eigenvalue weighted by atomic mass is 15.3. The summed E-state index contributed by atoms with van der Waals surface area (Å²) in [6.07, 6.45) is 27.1. The molecule has 1 unspecified atom stereocenters. The molecule has 1 atom stereocenters. The smallest absolute Gasteiger partial charge is 0.132 e. The molecule has 1 aliphatic rings. The maximum Gasteiger partial charge on any atom is 0.132 e. The molecule has 0 amide bonds. The largest absolute Gasteiger partial charge is 0.350 e. The molecule has 0 aromatic rings. The standard InChI is InChI=1S/C22H45N3/c1-2-3-4-5-6-7-8-9-10-11-12-13-14-15-16-17-20-25-21-18-19-24-22(25)23/h18,21-22,24H,2-17,19-20,23H2,1H3. The van der Waals surface area contributed by atoms with Crippen LogP contribution in [0.4, 0.5) is 0 Å². The first-order chi connectivity index (χ1) is 12.3. The van der Waals surface area contributed by atoms with E-state index in [9.17, 15) is 0 Å². The Morgan fingerprint density at radius 3 is 1.64 bits per heavy atom. The highest BCUT2D eigenvalue weighted by molar-refractivity contribution is 4.91. The van der Waals surface area contributed by atoms with Gasteiger partial charge >= 0.3 is 0 Å². The van der Waals surface area contributed by atoms with Crippen molar-refractivity contribution in [1.82, 2.24) is 10.2 Å². The van der Waals surface area contributed by atoms with E-state index in [1.54, 1.807) is 0 Å². The van der Waals surface area contributed by atoms with Crippen molar-refractivity contribution in [3.8, 4) is 0 Å². The number of nitrogens with zero attached hydrogens (tertiary/aromatic N) is 1. The van der Waals surface area contributed by atoms with Crippen LogP contribution in [-0.2, 0) is 0 Å². The fourth-order valence-corrected chi connectivity index (χ4v) is 3.64. The molecule has 0 aromatic carbocycles. The summed E-state index contributed by atoms with van der Waals surface area (Å²) < 4.78 is 0. The lowest BCUT2D eigenvalue weighted by Crippen LogP contribution is -2.52. The van der Waals surface area contributed by atoms with Crippen molar-refractivity contribution in [3.63, 3.8) is 0 Å². The van der Waals surface area contributed by atoms with Crippen LogP contribution in [0.2, 0.25) is 0 Å². The molecule has 0 saturated carbocycles. The normalized spacial score (nSPS) is 17.4. The molecular formula is C22H45N3. The molecule has 1 rings (SSSR count). The minimum absolute atomic E-state index is 0.0151. The minimum Gasteiger partial charge on any atom is -0.350 e. The molecule has 0 bridgehead atoms. The zero-order valence-corrected chi connectivity index (χ0v) is 17.0. The topological polar surface area (TPSA) is 41.3 Å². The Kier molecular flexibility index (Phi) is 15.2. The lowest BCUT2D eigenvalue weighted by molar-refractivity contribution is 0.227. The average molecular weight is 352 g/mol. The molecule has 1 aliphatic heterocycles. The third kappa shape index (κ3) is 13.3. The summed E-state index contributed by atoms with van der Waals surface area (Å²) in [5.41, 5.74) is 6.01. The van der Waals surface area contributed by atoms with Gasteiger partial charge in [-0.3, -0.25) is 11.1 Å². The van der Waals surface area contributed by atoms with Crippen molar-refractivity contribution in [3.05, 3.63) is 12.3 Å². The summed E-state index contributed by atoms with van der Waals surface area (Å²) in [6, 6.07) is 0. The Balaban J connectivity index is 1.72. The zero-order chi connectivity index (χ0) is 18.0. The van der Waals surface area contributed by atoms with E-state index in [2.05, 4.69) is 29.4 Å². The molecular weight excluding hydrogens is 306 g/mol. The van der Waals surface area contributed by atoms with Crippen LogP contribution in [0, 0.1) is 0 Å². The number of nitrogens with two attached hydrogens (primary N) is 1. The van der Waals surface area contributed by atoms with Crippen LogP contribution in [0.3, 0.4) is 0 Å². The Morgan fingerprint density at radius 1 is 0.760 bits per heavy atom. The summed E-state index contributed by atoms with van der Waals surface area (Å²) >= 11 is 0. The van der Waals surface area contributed by atoms with Gasteiger partial charge in [-0.25, -0.2) is 0 Å². The summed E-state index contributed by atoms with van der Waals surface area (Å²) in [7, 11) is 0. The molecule has 0 spiro atoms. The fourth-order valence-electron chi connectivity index (χ4n) is 3.64. The first-order valence-corrected chi connectivity index (χ1v) is 11.3. The van der Waals surface area contributed by atoms with E-state index < -0.39 is 0 Å². The molecule has 3 N–H and O–H groups in total. The van der Waals surface area contributed by atoms with E-state index >= 15 is 0 Å². The molecule has 0 aliphatic carbocycles. The van der Waals surface area contributed by atoms with Crippen LogP contribution in [0.25, 0.3) is 0 Å². The van der Waals surface area contributed by atoms with Crippen molar-refractivity contribution in [2.45, 2.75) is 116 Å². The maximum absolute atomic E-state index is 6.01. The molecule has 0 radical (unpaired) electrons. The van der Waals surface area contributed by atoms with Crippen LogP contribution >= 0.6 is 0 Å². The van der Waals surface area contributed by atoms with Crippen LogP contribution in [0.5, 0.6) is 0 Å². The van der Waals surface area contributed by atoms with E-state index in [4.69, 9.17) is 5.73 Å². The monoisotopic (exact) mass is 351 g/mol. The van der Waals surface area contributed by atoms with Gasteiger partial charge in [-0.05, 0) is 12.6 Å². The van der Waals surface area contributed by atoms with Crippen LogP contribution in [0.1, 0.15) is 110 Å². The average Bonchev–Trinajstić information content (AvgIpc) is 2.63. The summed E-state index contributed by atoms with van der Waals surface area (Å²) in [5.74, 6) is 0. The first kappa shape index (κ1) is 22.5. The molecule has 3 heteroatoms. The number of rotatable bonds is 17. The summed E-state index contributed by atoms with van der Waals surface area (Å²) in [4.78, 5) is 2.22. The van der Waals surface area contributed by atoms with E-state index in [1.165, 1.54) is 103 Å². The Bertz CT molecular complexity index is 304. The Hall–Kier alpha value is -0.540. The van der Waals surface area contributed by atoms with Crippen LogP contribution < -0.4 is 11.1 Å². The molecule has 0 saturated heterocycles. The van der Waals surface area contributed by atoms with Gasteiger partial charge in [0.2, 0.25) is 0 Å². The van der Waals surface area contributed by atoms with E-state index in [0.717, 1.165) is 13.1 Å². The van der Waals surface area contributed by atoms with Gasteiger partial charge in [-0.15, -0.1) is 0 Å². The predicted molar refractivity (Wildman–Crippen MR) is 111 cm³/mol. The molecule has 25 heavy (non-hydrogen) atoms. The van der Waals surface area contributed by atoms with Crippen molar-refractivity contribution in [2.75, 3.05) is 13.1 Å². The molecule has 3 nitrogen and oxygen atoms in total. The van der Waals surface area contributed by atoms with Crippen molar-refractivity contribution in [2.24, 2.45) is 5.73 Å². The van der Waals surface area contributed by atoms with Crippen molar-refractivity contribution in [1.29, 1.82) is 0 Å². The summed E-state index contributed by atoms with van der Waals surface area (Å²) in [6.45, 7) is 4.28. The van der Waals surface area contributed by atoms with E-state index in [-0.39, 0.29) is 6.29 Å². The predicted octanol–water partition coefficient (Wildman–Crippen LogP) is 5.91. The number of hydrogen-bond acceptors (Lipinski definition) is 3. The van der Waals surface area contributed by atoms with Gasteiger partial charge in [0.1, 0.15) is 6.29 Å². The van der Waals surface area contributed by atoms with Gasteiger partial charge in [-0.1, -0.05) is 109 Å². The lowest BCUT2D eigenvalue weighted by Gasteiger charge is -2.31. The molecule has 0 fully saturated rings.